The molecule has 1 aromatic carbocycles. The van der Waals surface area contributed by atoms with Gasteiger partial charge in [0.2, 0.25) is 0 Å². The number of carbonyl (C=O) groups excluding carboxylic acids is 1. The van der Waals surface area contributed by atoms with Gasteiger partial charge in [0.15, 0.2) is 0 Å². The van der Waals surface area contributed by atoms with Crippen LogP contribution in [-0.2, 0) is 16.1 Å². The standard InChI is InChI=1S/C20H23F5N4O3S/c1-18(21,22)14-3-4-16(28-33(31,32)29-11-13(10-26)12-29)15(9-14)17(30)27-8-7-19(5-2-6-19)20(23,24)25/h3-4,9,13,28H,2,5-8,11-12H2,1H3,(H,27,30). The van der Waals surface area contributed by atoms with Crippen molar-refractivity contribution >= 4 is 21.8 Å². The lowest BCUT2D eigenvalue weighted by atomic mass is 9.66. The van der Waals surface area contributed by atoms with E-state index in [0.717, 1.165) is 22.5 Å². The first-order valence-corrected chi connectivity index (χ1v) is 11.7. The minimum atomic E-state index is -4.42. The fourth-order valence-corrected chi connectivity index (χ4v) is 5.14. The van der Waals surface area contributed by atoms with E-state index in [1.165, 1.54) is 0 Å². The van der Waals surface area contributed by atoms with Gasteiger partial charge in [-0.2, -0.15) is 31.2 Å². The number of alkyl halides is 5. The number of nitrogens with one attached hydrogen (secondary N) is 2. The highest BCUT2D eigenvalue weighted by molar-refractivity contribution is 7.90. The molecular formula is C20H23F5N4O3S. The number of nitrogens with zero attached hydrogens (tertiary/aromatic N) is 2. The molecular weight excluding hydrogens is 471 g/mol. The molecule has 33 heavy (non-hydrogen) atoms. The lowest BCUT2D eigenvalue weighted by Crippen LogP contribution is -2.51. The van der Waals surface area contributed by atoms with E-state index < -0.39 is 50.7 Å². The number of nitriles is 1. The summed E-state index contributed by atoms with van der Waals surface area (Å²) < 4.78 is 95.6. The second kappa shape index (κ2) is 8.72. The molecule has 1 aliphatic carbocycles. The molecule has 2 aliphatic rings. The van der Waals surface area contributed by atoms with Gasteiger partial charge >= 0.3 is 16.4 Å². The van der Waals surface area contributed by atoms with Crippen LogP contribution in [-0.4, -0.2) is 44.4 Å². The highest BCUT2D eigenvalue weighted by Gasteiger charge is 2.57. The number of benzene rings is 1. The molecule has 1 saturated heterocycles. The van der Waals surface area contributed by atoms with Crippen LogP contribution in [0.15, 0.2) is 18.2 Å². The minimum absolute atomic E-state index is 0.0471. The van der Waals surface area contributed by atoms with Crippen molar-refractivity contribution in [3.8, 4) is 6.07 Å². The molecule has 0 unspecified atom stereocenters. The molecule has 0 radical (unpaired) electrons. The van der Waals surface area contributed by atoms with Crippen LogP contribution in [0.25, 0.3) is 0 Å². The Hall–Kier alpha value is -2.46. The number of rotatable bonds is 8. The molecule has 2 N–H and O–H groups in total. The van der Waals surface area contributed by atoms with Crippen molar-refractivity contribution in [3.05, 3.63) is 29.3 Å². The first-order valence-electron chi connectivity index (χ1n) is 10.2. The van der Waals surface area contributed by atoms with Gasteiger partial charge < -0.3 is 5.32 Å². The largest absolute Gasteiger partial charge is 0.394 e. The second-order valence-electron chi connectivity index (χ2n) is 8.54. The summed E-state index contributed by atoms with van der Waals surface area (Å²) in [6, 6.07) is 4.68. The Kier molecular flexibility index (Phi) is 6.65. The number of hydrogen-bond acceptors (Lipinski definition) is 4. The molecule has 0 atom stereocenters. The van der Waals surface area contributed by atoms with E-state index in [2.05, 4.69) is 10.0 Å². The topological polar surface area (TPSA) is 102 Å². The molecule has 0 bridgehead atoms. The zero-order valence-electron chi connectivity index (χ0n) is 17.7. The van der Waals surface area contributed by atoms with E-state index in [-0.39, 0.29) is 44.6 Å². The lowest BCUT2D eigenvalue weighted by Gasteiger charge is -2.43. The molecule has 1 aromatic rings. The van der Waals surface area contributed by atoms with Crippen molar-refractivity contribution in [2.45, 2.75) is 44.7 Å². The van der Waals surface area contributed by atoms with Gasteiger partial charge in [-0.05, 0) is 31.4 Å². The summed E-state index contributed by atoms with van der Waals surface area (Å²) >= 11 is 0. The van der Waals surface area contributed by atoms with Crippen molar-refractivity contribution in [2.24, 2.45) is 11.3 Å². The van der Waals surface area contributed by atoms with Crippen molar-refractivity contribution in [1.82, 2.24) is 9.62 Å². The summed E-state index contributed by atoms with van der Waals surface area (Å²) in [5.74, 6) is -4.79. The highest BCUT2D eigenvalue weighted by Crippen LogP contribution is 2.55. The van der Waals surface area contributed by atoms with E-state index in [9.17, 15) is 35.2 Å². The molecule has 182 valence electrons. The maximum absolute atomic E-state index is 13.8. The van der Waals surface area contributed by atoms with E-state index in [1.54, 1.807) is 0 Å². The number of hydrogen-bond donors (Lipinski definition) is 2. The third kappa shape index (κ3) is 5.22. The molecule has 1 heterocycles. The van der Waals surface area contributed by atoms with Gasteiger partial charge in [-0.1, -0.05) is 12.5 Å². The Morgan fingerprint density at radius 1 is 1.24 bits per heavy atom. The van der Waals surface area contributed by atoms with Crippen LogP contribution in [0.3, 0.4) is 0 Å². The normalized spacial score (nSPS) is 19.2. The van der Waals surface area contributed by atoms with Crippen LogP contribution in [0.1, 0.15) is 48.5 Å². The van der Waals surface area contributed by atoms with E-state index in [0.29, 0.717) is 13.3 Å². The first kappa shape index (κ1) is 25.2. The van der Waals surface area contributed by atoms with E-state index >= 15 is 0 Å². The Morgan fingerprint density at radius 3 is 2.36 bits per heavy atom. The van der Waals surface area contributed by atoms with Gasteiger partial charge in [0.1, 0.15) is 0 Å². The quantitative estimate of drug-likeness (QED) is 0.537. The first-order chi connectivity index (χ1) is 15.2. The average molecular weight is 494 g/mol. The molecule has 3 rings (SSSR count). The van der Waals surface area contributed by atoms with Gasteiger partial charge in [-0.15, -0.1) is 0 Å². The van der Waals surface area contributed by atoms with Gasteiger partial charge in [-0.25, -0.2) is 8.78 Å². The fraction of sp³-hybridized carbons (Fsp3) is 0.600. The Balaban J connectivity index is 1.78. The number of anilines is 1. The monoisotopic (exact) mass is 494 g/mol. The zero-order valence-corrected chi connectivity index (χ0v) is 18.5. The predicted molar refractivity (Wildman–Crippen MR) is 109 cm³/mol. The Bertz CT molecular complexity index is 1050. The fourth-order valence-electron chi connectivity index (χ4n) is 3.80. The average Bonchev–Trinajstić information content (AvgIpc) is 2.60. The third-order valence-corrected chi connectivity index (χ3v) is 7.64. The molecule has 2 fully saturated rings. The molecule has 0 spiro atoms. The van der Waals surface area contributed by atoms with Crippen LogP contribution < -0.4 is 10.0 Å². The van der Waals surface area contributed by atoms with Crippen molar-refractivity contribution in [2.75, 3.05) is 24.4 Å². The minimum Gasteiger partial charge on any atom is -0.352 e. The summed E-state index contributed by atoms with van der Waals surface area (Å²) in [5, 5.41) is 11.1. The van der Waals surface area contributed by atoms with Gasteiger partial charge in [0.05, 0.1) is 28.7 Å². The van der Waals surface area contributed by atoms with Crippen LogP contribution in [0, 0.1) is 22.7 Å². The van der Waals surface area contributed by atoms with E-state index in [1.807, 2.05) is 6.07 Å². The van der Waals surface area contributed by atoms with Crippen LogP contribution >= 0.6 is 0 Å². The number of halogens is 5. The SMILES string of the molecule is CC(F)(F)c1ccc(NS(=O)(=O)N2CC(C#N)C2)c(C(=O)NCCC2(C(F)(F)F)CCC2)c1. The smallest absolute Gasteiger partial charge is 0.352 e. The zero-order chi connectivity index (χ0) is 24.7. The Morgan fingerprint density at radius 2 is 1.88 bits per heavy atom. The summed E-state index contributed by atoms with van der Waals surface area (Å²) in [6.45, 7) is 0.128. The summed E-state index contributed by atoms with van der Waals surface area (Å²) in [6.07, 6.45) is -4.45. The van der Waals surface area contributed by atoms with Crippen molar-refractivity contribution in [3.63, 3.8) is 0 Å². The summed E-state index contributed by atoms with van der Waals surface area (Å²) in [4.78, 5) is 12.7. The predicted octanol–water partition coefficient (Wildman–Crippen LogP) is 3.76. The van der Waals surface area contributed by atoms with Crippen LogP contribution in [0.2, 0.25) is 0 Å². The maximum atomic E-state index is 13.8. The molecule has 7 nitrogen and oxygen atoms in total. The molecule has 13 heteroatoms. The molecule has 1 aliphatic heterocycles. The van der Waals surface area contributed by atoms with Gasteiger partial charge in [0.25, 0.3) is 11.8 Å². The third-order valence-electron chi connectivity index (χ3n) is 6.18. The maximum Gasteiger partial charge on any atom is 0.394 e. The summed E-state index contributed by atoms with van der Waals surface area (Å²) in [5.41, 5.74) is -3.17. The van der Waals surface area contributed by atoms with Gasteiger partial charge in [0, 0.05) is 32.1 Å². The molecule has 0 aromatic heterocycles. The highest BCUT2D eigenvalue weighted by atomic mass is 32.2. The van der Waals surface area contributed by atoms with Crippen LogP contribution in [0.4, 0.5) is 27.6 Å². The second-order valence-corrected chi connectivity index (χ2v) is 10.2. The number of carbonyl (C=O) groups is 1. The van der Waals surface area contributed by atoms with Gasteiger partial charge in [-0.3, -0.25) is 9.52 Å². The van der Waals surface area contributed by atoms with E-state index in [4.69, 9.17) is 5.26 Å². The lowest BCUT2D eigenvalue weighted by molar-refractivity contribution is -0.252. The van der Waals surface area contributed by atoms with Crippen molar-refractivity contribution in [1.29, 1.82) is 5.26 Å². The van der Waals surface area contributed by atoms with Crippen molar-refractivity contribution < 1.29 is 35.2 Å². The Labute approximate surface area is 188 Å². The summed E-state index contributed by atoms with van der Waals surface area (Å²) in [7, 11) is -4.17. The number of amides is 1. The molecule has 1 amide bonds. The van der Waals surface area contributed by atoms with Crippen LogP contribution in [0.5, 0.6) is 0 Å². The molecule has 1 saturated carbocycles.